The van der Waals surface area contributed by atoms with E-state index >= 15 is 0 Å². The van der Waals surface area contributed by atoms with Gasteiger partial charge in [-0.05, 0) is 24.5 Å². The molecule has 0 unspecified atom stereocenters. The lowest BCUT2D eigenvalue weighted by Gasteiger charge is -2.30. The van der Waals surface area contributed by atoms with E-state index in [1.165, 1.54) is 6.92 Å². The van der Waals surface area contributed by atoms with Gasteiger partial charge in [-0.2, -0.15) is 4.98 Å². The average molecular weight is 491 g/mol. The number of aryl methyl sites for hydroxylation is 1. The van der Waals surface area contributed by atoms with Crippen LogP contribution in [0.25, 0.3) is 11.1 Å². The maximum Gasteiger partial charge on any atom is 0.227 e. The Morgan fingerprint density at radius 2 is 1.72 bits per heavy atom. The summed E-state index contributed by atoms with van der Waals surface area (Å²) in [6, 6.07) is 17.9. The molecule has 0 radical (unpaired) electrons. The molecule has 36 heavy (non-hydrogen) atoms. The topological polar surface area (TPSA) is 106 Å². The van der Waals surface area contributed by atoms with E-state index in [0.717, 1.165) is 55.4 Å². The van der Waals surface area contributed by atoms with Gasteiger partial charge in [-0.25, -0.2) is 0 Å². The number of benzene rings is 2. The van der Waals surface area contributed by atoms with Crippen molar-refractivity contribution in [1.29, 1.82) is 0 Å². The number of amides is 2. The van der Waals surface area contributed by atoms with Gasteiger partial charge in [0.1, 0.15) is 17.9 Å². The zero-order chi connectivity index (χ0) is 25.2. The first-order chi connectivity index (χ1) is 17.6. The standard InChI is InChI=1S/C28H34N4O4/c1-21(33)31-28(17-9-2-3-10-18-28)27-30-26(36-32-27)16-15-25(34)29-19-20-35-24-14-8-7-13-23(24)22-11-5-4-6-12-22/h4-8,11-14H,2-3,9-10,15-20H2,1H3,(H,29,34)(H,31,33). The molecule has 190 valence electrons. The fourth-order valence-corrected chi connectivity index (χ4v) is 4.73. The predicted octanol–water partition coefficient (Wildman–Crippen LogP) is 4.55. The van der Waals surface area contributed by atoms with E-state index in [-0.39, 0.29) is 18.2 Å². The Labute approximate surface area is 211 Å². The highest BCUT2D eigenvalue weighted by atomic mass is 16.5. The fourth-order valence-electron chi connectivity index (χ4n) is 4.73. The van der Waals surface area contributed by atoms with Crippen LogP contribution < -0.4 is 15.4 Å². The van der Waals surface area contributed by atoms with Crippen LogP contribution in [0.2, 0.25) is 0 Å². The Morgan fingerprint density at radius 1 is 1.00 bits per heavy atom. The van der Waals surface area contributed by atoms with E-state index in [2.05, 4.69) is 20.8 Å². The van der Waals surface area contributed by atoms with Crippen LogP contribution in [0.1, 0.15) is 63.6 Å². The molecular formula is C28H34N4O4. The van der Waals surface area contributed by atoms with Crippen molar-refractivity contribution < 1.29 is 18.8 Å². The van der Waals surface area contributed by atoms with Crippen molar-refractivity contribution in [3.8, 4) is 16.9 Å². The number of nitrogens with zero attached hydrogens (tertiary/aromatic N) is 2. The van der Waals surface area contributed by atoms with Crippen LogP contribution in [0.5, 0.6) is 5.75 Å². The molecule has 0 saturated heterocycles. The summed E-state index contributed by atoms with van der Waals surface area (Å²) in [5, 5.41) is 10.1. The van der Waals surface area contributed by atoms with Gasteiger partial charge in [0, 0.05) is 25.3 Å². The summed E-state index contributed by atoms with van der Waals surface area (Å²) >= 11 is 0. The van der Waals surface area contributed by atoms with Gasteiger partial charge in [-0.3, -0.25) is 9.59 Å². The summed E-state index contributed by atoms with van der Waals surface area (Å²) in [4.78, 5) is 28.8. The van der Waals surface area contributed by atoms with Gasteiger partial charge in [-0.1, -0.05) is 79.4 Å². The number of para-hydroxylation sites is 1. The van der Waals surface area contributed by atoms with Gasteiger partial charge in [0.15, 0.2) is 5.82 Å². The summed E-state index contributed by atoms with van der Waals surface area (Å²) in [5.41, 5.74) is 1.52. The van der Waals surface area contributed by atoms with Gasteiger partial charge in [0.2, 0.25) is 17.7 Å². The second kappa shape index (κ2) is 12.3. The Bertz CT molecular complexity index is 1140. The molecule has 4 rings (SSSR count). The molecule has 1 aliphatic carbocycles. The summed E-state index contributed by atoms with van der Waals surface area (Å²) in [7, 11) is 0. The van der Waals surface area contributed by atoms with Crippen LogP contribution >= 0.6 is 0 Å². The van der Waals surface area contributed by atoms with E-state index in [1.807, 2.05) is 54.6 Å². The molecule has 8 nitrogen and oxygen atoms in total. The molecule has 0 bridgehead atoms. The van der Waals surface area contributed by atoms with Crippen LogP contribution in [0, 0.1) is 0 Å². The Morgan fingerprint density at radius 3 is 2.47 bits per heavy atom. The number of rotatable bonds is 10. The van der Waals surface area contributed by atoms with Gasteiger partial charge >= 0.3 is 0 Å². The molecule has 3 aromatic rings. The molecular weight excluding hydrogens is 456 g/mol. The molecule has 1 heterocycles. The Kier molecular flexibility index (Phi) is 8.71. The summed E-state index contributed by atoms with van der Waals surface area (Å²) < 4.78 is 11.4. The highest BCUT2D eigenvalue weighted by Gasteiger charge is 2.38. The van der Waals surface area contributed by atoms with Crippen molar-refractivity contribution in [1.82, 2.24) is 20.8 Å². The maximum absolute atomic E-state index is 12.4. The smallest absolute Gasteiger partial charge is 0.227 e. The maximum atomic E-state index is 12.4. The Balaban J connectivity index is 1.25. The van der Waals surface area contributed by atoms with Crippen LogP contribution in [0.3, 0.4) is 0 Å². The molecule has 1 saturated carbocycles. The lowest BCUT2D eigenvalue weighted by Crippen LogP contribution is -2.45. The molecule has 2 N–H and O–H groups in total. The van der Waals surface area contributed by atoms with Crippen molar-refractivity contribution in [2.75, 3.05) is 13.2 Å². The second-order valence-corrected chi connectivity index (χ2v) is 9.25. The molecule has 1 aromatic heterocycles. The zero-order valence-corrected chi connectivity index (χ0v) is 20.8. The molecule has 0 atom stereocenters. The third kappa shape index (κ3) is 6.71. The predicted molar refractivity (Wildman–Crippen MR) is 136 cm³/mol. The summed E-state index contributed by atoms with van der Waals surface area (Å²) in [6.07, 6.45) is 6.43. The highest BCUT2D eigenvalue weighted by molar-refractivity contribution is 5.76. The van der Waals surface area contributed by atoms with Gasteiger partial charge < -0.3 is 19.9 Å². The van der Waals surface area contributed by atoms with Crippen LogP contribution in [0.15, 0.2) is 59.1 Å². The van der Waals surface area contributed by atoms with E-state index < -0.39 is 5.54 Å². The molecule has 0 aliphatic heterocycles. The number of hydrogen-bond donors (Lipinski definition) is 2. The second-order valence-electron chi connectivity index (χ2n) is 9.25. The summed E-state index contributed by atoms with van der Waals surface area (Å²) in [6.45, 7) is 2.27. The molecule has 0 spiro atoms. The minimum absolute atomic E-state index is 0.101. The minimum Gasteiger partial charge on any atom is -0.491 e. The van der Waals surface area contributed by atoms with Crippen molar-refractivity contribution in [2.45, 2.75) is 63.8 Å². The van der Waals surface area contributed by atoms with Crippen LogP contribution in [-0.2, 0) is 21.5 Å². The van der Waals surface area contributed by atoms with Gasteiger partial charge in [0.25, 0.3) is 0 Å². The van der Waals surface area contributed by atoms with Crippen molar-refractivity contribution in [3.63, 3.8) is 0 Å². The SMILES string of the molecule is CC(=O)NC1(c2noc(CCC(=O)NCCOc3ccccc3-c3ccccc3)n2)CCCCCC1. The first kappa shape index (κ1) is 25.4. The number of hydrogen-bond acceptors (Lipinski definition) is 6. The zero-order valence-electron chi connectivity index (χ0n) is 20.8. The van der Waals surface area contributed by atoms with E-state index in [4.69, 9.17) is 9.26 Å². The lowest BCUT2D eigenvalue weighted by molar-refractivity contribution is -0.122. The van der Waals surface area contributed by atoms with Crippen LogP contribution in [-0.4, -0.2) is 35.1 Å². The van der Waals surface area contributed by atoms with E-state index in [1.54, 1.807) is 0 Å². The third-order valence-corrected chi connectivity index (χ3v) is 6.49. The normalized spacial score (nSPS) is 15.0. The minimum atomic E-state index is -0.584. The molecule has 1 aliphatic rings. The lowest BCUT2D eigenvalue weighted by atomic mass is 9.89. The Hall–Kier alpha value is -3.68. The molecule has 2 amide bonds. The van der Waals surface area contributed by atoms with E-state index in [0.29, 0.717) is 31.3 Å². The van der Waals surface area contributed by atoms with Crippen molar-refractivity contribution in [3.05, 3.63) is 66.3 Å². The number of carbonyl (C=O) groups excluding carboxylic acids is 2. The number of ether oxygens (including phenoxy) is 1. The number of aromatic nitrogens is 2. The monoisotopic (exact) mass is 490 g/mol. The molecule has 1 fully saturated rings. The molecule has 2 aromatic carbocycles. The first-order valence-electron chi connectivity index (χ1n) is 12.7. The number of nitrogens with one attached hydrogen (secondary N) is 2. The van der Waals surface area contributed by atoms with Gasteiger partial charge in [-0.15, -0.1) is 0 Å². The van der Waals surface area contributed by atoms with Crippen molar-refractivity contribution >= 4 is 11.8 Å². The quantitative estimate of drug-likeness (QED) is 0.319. The molecule has 8 heteroatoms. The highest BCUT2D eigenvalue weighted by Crippen LogP contribution is 2.34. The number of carbonyl (C=O) groups is 2. The van der Waals surface area contributed by atoms with Crippen molar-refractivity contribution in [2.24, 2.45) is 0 Å². The third-order valence-electron chi connectivity index (χ3n) is 6.49. The summed E-state index contributed by atoms with van der Waals surface area (Å²) in [5.74, 6) is 1.49. The average Bonchev–Trinajstić information content (AvgIpc) is 3.26. The largest absolute Gasteiger partial charge is 0.491 e. The van der Waals surface area contributed by atoms with Crippen LogP contribution in [0.4, 0.5) is 0 Å². The fraction of sp³-hybridized carbons (Fsp3) is 0.429. The van der Waals surface area contributed by atoms with Gasteiger partial charge in [0.05, 0.1) is 6.54 Å². The first-order valence-corrected chi connectivity index (χ1v) is 12.7. The van der Waals surface area contributed by atoms with E-state index in [9.17, 15) is 9.59 Å².